The van der Waals surface area contributed by atoms with E-state index in [0.717, 1.165) is 34.0 Å². The van der Waals surface area contributed by atoms with Crippen LogP contribution >= 0.6 is 0 Å². The lowest BCUT2D eigenvalue weighted by atomic mass is 9.76. The first-order valence-electron chi connectivity index (χ1n) is 20.8. The number of hydrogen-bond acceptors (Lipinski definition) is 4. The number of benzene rings is 6. The van der Waals surface area contributed by atoms with E-state index in [2.05, 4.69) is 222 Å². The fourth-order valence-electron chi connectivity index (χ4n) is 8.61. The fraction of sp³-hybridized carbons (Fsp3) is 0.241. The normalized spacial score (nSPS) is 13.4. The highest BCUT2D eigenvalue weighted by molar-refractivity contribution is 6.09. The summed E-state index contributed by atoms with van der Waals surface area (Å²) in [6.07, 6.45) is 1.92. The summed E-state index contributed by atoms with van der Waals surface area (Å²) in [7, 11) is 0. The molecule has 0 spiro atoms. The first-order chi connectivity index (χ1) is 28.1. The predicted octanol–water partition coefficient (Wildman–Crippen LogP) is 14.8. The summed E-state index contributed by atoms with van der Waals surface area (Å²) in [5.74, 6) is 2.46. The third-order valence-corrected chi connectivity index (χ3v) is 11.7. The molecule has 0 fully saturated rings. The average Bonchev–Trinajstić information content (AvgIpc) is 3.76. The first kappa shape index (κ1) is 38.2. The zero-order chi connectivity index (χ0) is 41.3. The summed E-state index contributed by atoms with van der Waals surface area (Å²) < 4.78 is 9.03. The Labute approximate surface area is 349 Å². The second-order valence-corrected chi connectivity index (χ2v) is 19.1. The predicted molar refractivity (Wildman–Crippen MR) is 249 cm³/mol. The number of rotatable bonds is 6. The van der Waals surface area contributed by atoms with Crippen LogP contribution in [0.3, 0.4) is 0 Å². The van der Waals surface area contributed by atoms with E-state index in [0.29, 0.717) is 6.67 Å². The largest absolute Gasteiger partial charge is 0.457 e. The van der Waals surface area contributed by atoms with Crippen molar-refractivity contribution in [2.45, 2.75) is 78.6 Å². The molecular weight excluding hydrogens is 721 g/mol. The quantitative estimate of drug-likeness (QED) is 0.168. The van der Waals surface area contributed by atoms with Crippen LogP contribution in [0.5, 0.6) is 11.5 Å². The van der Waals surface area contributed by atoms with Gasteiger partial charge in [-0.3, -0.25) is 4.57 Å². The van der Waals surface area contributed by atoms with Gasteiger partial charge >= 0.3 is 0 Å². The van der Waals surface area contributed by atoms with Crippen molar-refractivity contribution in [1.29, 1.82) is 0 Å². The van der Waals surface area contributed by atoms with Crippen LogP contribution < -0.4 is 14.5 Å². The van der Waals surface area contributed by atoms with Gasteiger partial charge in [0.05, 0.1) is 28.1 Å². The molecule has 6 aromatic carbocycles. The van der Waals surface area contributed by atoms with Gasteiger partial charge in [-0.05, 0) is 111 Å². The summed E-state index contributed by atoms with van der Waals surface area (Å²) in [4.78, 5) is 9.83. The van der Waals surface area contributed by atoms with Crippen molar-refractivity contribution in [3.8, 4) is 28.4 Å². The van der Waals surface area contributed by atoms with Crippen LogP contribution in [-0.4, -0.2) is 16.2 Å². The van der Waals surface area contributed by atoms with Gasteiger partial charge in [0.15, 0.2) is 0 Å². The molecule has 0 bridgehead atoms. The van der Waals surface area contributed by atoms with E-state index >= 15 is 0 Å². The minimum absolute atomic E-state index is 0.000616. The summed E-state index contributed by atoms with van der Waals surface area (Å²) >= 11 is 0. The van der Waals surface area contributed by atoms with E-state index in [-0.39, 0.29) is 16.2 Å². The summed E-state index contributed by atoms with van der Waals surface area (Å²) in [6, 6.07) is 52.3. The molecule has 0 N–H and O–H groups in total. The second kappa shape index (κ2) is 14.2. The number of anilines is 4. The lowest BCUT2D eigenvalue weighted by Crippen LogP contribution is -2.30. The number of para-hydroxylation sites is 3. The maximum Gasteiger partial charge on any atom is 0.137 e. The third kappa shape index (κ3) is 7.03. The first-order valence-corrected chi connectivity index (χ1v) is 20.8. The van der Waals surface area contributed by atoms with Gasteiger partial charge in [0.2, 0.25) is 0 Å². The number of nitrogens with zero attached hydrogens (tertiary/aromatic N) is 4. The van der Waals surface area contributed by atoms with Gasteiger partial charge in [-0.15, -0.1) is 0 Å². The lowest BCUT2D eigenvalue weighted by Gasteiger charge is -2.36. The Morgan fingerprint density at radius 3 is 1.81 bits per heavy atom. The molecule has 3 heterocycles. The zero-order valence-corrected chi connectivity index (χ0v) is 35.8. The number of ether oxygens (including phenoxy) is 1. The van der Waals surface area contributed by atoms with E-state index in [9.17, 15) is 0 Å². The van der Waals surface area contributed by atoms with Gasteiger partial charge in [-0.1, -0.05) is 129 Å². The molecule has 59 heavy (non-hydrogen) atoms. The van der Waals surface area contributed by atoms with Gasteiger partial charge in [0, 0.05) is 34.8 Å². The monoisotopic (exact) mass is 774 g/mol. The summed E-state index contributed by atoms with van der Waals surface area (Å²) in [5, 5.41) is 2.36. The Morgan fingerprint density at radius 1 is 0.492 bits per heavy atom. The smallest absolute Gasteiger partial charge is 0.137 e. The molecule has 0 amide bonds. The molecule has 9 rings (SSSR count). The summed E-state index contributed by atoms with van der Waals surface area (Å²) in [5.41, 5.74) is 13.1. The Balaban J connectivity index is 1.10. The molecule has 2 aromatic heterocycles. The minimum Gasteiger partial charge on any atom is -0.457 e. The second-order valence-electron chi connectivity index (χ2n) is 19.1. The molecule has 0 saturated carbocycles. The average molecular weight is 775 g/mol. The van der Waals surface area contributed by atoms with Crippen molar-refractivity contribution in [3.63, 3.8) is 0 Å². The number of fused-ring (bicyclic) bond motifs is 4. The Hall–Kier alpha value is -6.33. The van der Waals surface area contributed by atoms with E-state index in [4.69, 9.17) is 9.72 Å². The standard InChI is InChI=1S/C54H54N4O/c1-52(2,3)38-28-29-55-50(32-38)58-46-23-14-13-22-42(46)43-27-26-41(34-49(43)58)59-40-21-17-20-39(33-40)56-35-57(48-25-16-15-24-47(48)56)51-44(53(4,5)6)30-37(31-45(51)54(7,8)9)36-18-11-10-12-19-36/h10-34H,35H2,1-9H3. The zero-order valence-electron chi connectivity index (χ0n) is 35.8. The molecule has 1 aliphatic heterocycles. The van der Waals surface area contributed by atoms with E-state index in [1.807, 2.05) is 6.20 Å². The molecule has 296 valence electrons. The van der Waals surface area contributed by atoms with E-state index in [1.54, 1.807) is 0 Å². The van der Waals surface area contributed by atoms with Crippen LogP contribution in [0.15, 0.2) is 152 Å². The molecule has 1 aliphatic rings. The maximum atomic E-state index is 6.76. The van der Waals surface area contributed by atoms with Gasteiger partial charge < -0.3 is 14.5 Å². The lowest BCUT2D eigenvalue weighted by molar-refractivity contribution is 0.483. The Morgan fingerprint density at radius 2 is 1.12 bits per heavy atom. The van der Waals surface area contributed by atoms with Crippen LogP contribution in [0.4, 0.5) is 22.7 Å². The van der Waals surface area contributed by atoms with E-state index < -0.39 is 0 Å². The van der Waals surface area contributed by atoms with E-state index in [1.165, 1.54) is 55.7 Å². The highest BCUT2D eigenvalue weighted by Gasteiger charge is 2.36. The van der Waals surface area contributed by atoms with Crippen molar-refractivity contribution in [1.82, 2.24) is 9.55 Å². The highest BCUT2D eigenvalue weighted by Crippen LogP contribution is 2.51. The van der Waals surface area contributed by atoms with Crippen molar-refractivity contribution in [3.05, 3.63) is 168 Å². The fourth-order valence-corrected chi connectivity index (χ4v) is 8.61. The van der Waals surface area contributed by atoms with Crippen LogP contribution in [0, 0.1) is 0 Å². The number of aromatic nitrogens is 2. The molecule has 0 atom stereocenters. The molecule has 0 unspecified atom stereocenters. The van der Waals surface area contributed by atoms with Gasteiger partial charge in [0.25, 0.3) is 0 Å². The number of pyridine rings is 1. The van der Waals surface area contributed by atoms with Crippen molar-refractivity contribution >= 4 is 44.6 Å². The maximum absolute atomic E-state index is 6.76. The van der Waals surface area contributed by atoms with Gasteiger partial charge in [0.1, 0.15) is 24.0 Å². The number of hydrogen-bond donors (Lipinski definition) is 0. The van der Waals surface area contributed by atoms with Gasteiger partial charge in [-0.25, -0.2) is 4.98 Å². The van der Waals surface area contributed by atoms with Crippen LogP contribution in [-0.2, 0) is 16.2 Å². The van der Waals surface area contributed by atoms with Crippen molar-refractivity contribution in [2.75, 3.05) is 16.5 Å². The SMILES string of the molecule is CC(C)(C)c1ccnc(-n2c3ccccc3c3ccc(Oc4cccc(N5CN(c6c(C(C)(C)C)cc(-c7ccccc7)cc6C(C)(C)C)c6ccccc65)c4)cc32)c1. The molecule has 0 saturated heterocycles. The molecule has 5 heteroatoms. The molecule has 0 aliphatic carbocycles. The Bertz CT molecular complexity index is 2810. The van der Waals surface area contributed by atoms with Crippen LogP contribution in [0.1, 0.15) is 79.0 Å². The summed E-state index contributed by atoms with van der Waals surface area (Å²) in [6.45, 7) is 21.4. The van der Waals surface area contributed by atoms with Crippen LogP contribution in [0.25, 0.3) is 38.8 Å². The van der Waals surface area contributed by atoms with Gasteiger partial charge in [-0.2, -0.15) is 0 Å². The molecule has 8 aromatic rings. The van der Waals surface area contributed by atoms with Crippen molar-refractivity contribution < 1.29 is 4.74 Å². The topological polar surface area (TPSA) is 33.5 Å². The molecular formula is C54H54N4O. The van der Waals surface area contributed by atoms with Crippen molar-refractivity contribution in [2.24, 2.45) is 0 Å². The van der Waals surface area contributed by atoms with Crippen LogP contribution in [0.2, 0.25) is 0 Å². The molecule has 5 nitrogen and oxygen atoms in total. The Kier molecular flexibility index (Phi) is 9.19. The highest BCUT2D eigenvalue weighted by atomic mass is 16.5. The minimum atomic E-state index is -0.103. The molecule has 0 radical (unpaired) electrons. The third-order valence-electron chi connectivity index (χ3n) is 11.7.